The van der Waals surface area contributed by atoms with Crippen LogP contribution in [0.4, 0.5) is 5.69 Å². The number of amides is 1. The van der Waals surface area contributed by atoms with Gasteiger partial charge in [0.05, 0.1) is 11.0 Å². The van der Waals surface area contributed by atoms with Crippen molar-refractivity contribution in [3.8, 4) is 0 Å². The fourth-order valence-electron chi connectivity index (χ4n) is 2.23. The van der Waals surface area contributed by atoms with Gasteiger partial charge in [-0.05, 0) is 31.0 Å². The second-order valence-electron chi connectivity index (χ2n) is 4.97. The Balaban J connectivity index is 2.37. The molecule has 1 amide bonds. The Morgan fingerprint density at radius 1 is 1.45 bits per heavy atom. The molecule has 1 saturated heterocycles. The van der Waals surface area contributed by atoms with Gasteiger partial charge < -0.3 is 10.4 Å². The number of hydrogen-bond donors (Lipinski definition) is 2. The minimum Gasteiger partial charge on any atom is -0.392 e. The number of aliphatic hydroxyl groups excluding tert-OH is 1. The van der Waals surface area contributed by atoms with Crippen molar-refractivity contribution in [1.82, 2.24) is 4.31 Å². The van der Waals surface area contributed by atoms with Crippen LogP contribution in [0.2, 0.25) is 0 Å². The van der Waals surface area contributed by atoms with Crippen LogP contribution >= 0.6 is 0 Å². The van der Waals surface area contributed by atoms with Gasteiger partial charge in [-0.1, -0.05) is 6.07 Å². The zero-order valence-corrected chi connectivity index (χ0v) is 12.3. The second-order valence-corrected chi connectivity index (χ2v) is 6.87. The van der Waals surface area contributed by atoms with Crippen LogP contribution in [-0.4, -0.2) is 42.9 Å². The van der Waals surface area contributed by atoms with Crippen LogP contribution in [0.15, 0.2) is 23.1 Å². The molecule has 2 N–H and O–H groups in total. The highest BCUT2D eigenvalue weighted by Gasteiger charge is 2.32. The molecule has 0 aromatic heterocycles. The predicted molar refractivity (Wildman–Crippen MR) is 74.9 cm³/mol. The maximum absolute atomic E-state index is 12.5. The number of carbonyl (C=O) groups is 1. The van der Waals surface area contributed by atoms with E-state index in [0.29, 0.717) is 24.2 Å². The van der Waals surface area contributed by atoms with Crippen molar-refractivity contribution in [1.29, 1.82) is 0 Å². The highest BCUT2D eigenvalue weighted by Crippen LogP contribution is 2.26. The van der Waals surface area contributed by atoms with Crippen LogP contribution in [0.3, 0.4) is 0 Å². The second kappa shape index (κ2) is 5.51. The summed E-state index contributed by atoms with van der Waals surface area (Å²) in [4.78, 5) is 11.2. The van der Waals surface area contributed by atoms with Crippen LogP contribution in [0.25, 0.3) is 0 Å². The number of benzene rings is 1. The Kier molecular flexibility index (Phi) is 4.12. The minimum atomic E-state index is -3.64. The van der Waals surface area contributed by atoms with Gasteiger partial charge in [0.2, 0.25) is 15.9 Å². The number of hydrogen-bond acceptors (Lipinski definition) is 4. The van der Waals surface area contributed by atoms with Crippen molar-refractivity contribution in [2.24, 2.45) is 0 Å². The number of sulfonamides is 1. The van der Waals surface area contributed by atoms with Gasteiger partial charge in [0.25, 0.3) is 0 Å². The molecule has 0 spiro atoms. The molecule has 0 bridgehead atoms. The first-order valence-corrected chi connectivity index (χ1v) is 7.81. The van der Waals surface area contributed by atoms with E-state index in [1.54, 1.807) is 19.1 Å². The Morgan fingerprint density at radius 2 is 2.15 bits per heavy atom. The van der Waals surface area contributed by atoms with Crippen molar-refractivity contribution in [3.05, 3.63) is 23.8 Å². The summed E-state index contributed by atoms with van der Waals surface area (Å²) in [7, 11) is -3.64. The zero-order valence-electron chi connectivity index (χ0n) is 11.5. The zero-order chi connectivity index (χ0) is 14.9. The molecule has 0 aliphatic carbocycles. The quantitative estimate of drug-likeness (QED) is 0.860. The molecule has 1 aromatic rings. The Labute approximate surface area is 118 Å². The van der Waals surface area contributed by atoms with E-state index in [0.717, 1.165) is 0 Å². The van der Waals surface area contributed by atoms with Crippen LogP contribution in [0.5, 0.6) is 0 Å². The van der Waals surface area contributed by atoms with Gasteiger partial charge in [0.15, 0.2) is 0 Å². The number of nitrogens with one attached hydrogen (secondary N) is 1. The van der Waals surface area contributed by atoms with E-state index in [1.807, 2.05) is 0 Å². The molecule has 1 aromatic carbocycles. The van der Waals surface area contributed by atoms with Crippen LogP contribution in [-0.2, 0) is 14.8 Å². The summed E-state index contributed by atoms with van der Waals surface area (Å²) < 4.78 is 26.4. The molecule has 2 rings (SSSR count). The molecule has 1 fully saturated rings. The number of nitrogens with zero attached hydrogens (tertiary/aromatic N) is 1. The molecule has 1 heterocycles. The third kappa shape index (κ3) is 3.00. The summed E-state index contributed by atoms with van der Waals surface area (Å²) in [6.45, 7) is 3.50. The summed E-state index contributed by atoms with van der Waals surface area (Å²) in [6.07, 6.45) is -0.160. The first-order chi connectivity index (χ1) is 9.30. The fraction of sp³-hybridized carbons (Fsp3) is 0.462. The largest absolute Gasteiger partial charge is 0.392 e. The first kappa shape index (κ1) is 15.0. The van der Waals surface area contributed by atoms with Gasteiger partial charge in [0.1, 0.15) is 0 Å². The van der Waals surface area contributed by atoms with Gasteiger partial charge in [-0.15, -0.1) is 0 Å². The topological polar surface area (TPSA) is 86.7 Å². The molecule has 110 valence electrons. The molecule has 1 atom stereocenters. The monoisotopic (exact) mass is 298 g/mol. The normalized spacial score (nSPS) is 20.1. The SMILES string of the molecule is CC(=O)Nc1ccc(C)c(S(=O)(=O)N2CC[C@H](O)C2)c1. The molecular weight excluding hydrogens is 280 g/mol. The molecule has 7 heteroatoms. The lowest BCUT2D eigenvalue weighted by Crippen LogP contribution is -2.30. The minimum absolute atomic E-state index is 0.117. The van der Waals surface area contributed by atoms with Gasteiger partial charge in [-0.25, -0.2) is 8.42 Å². The summed E-state index contributed by atoms with van der Waals surface area (Å²) in [6, 6.07) is 4.77. The number of β-amino-alcohol motifs (C(OH)–C–C–N with tert-alkyl or cyclic N) is 1. The third-order valence-electron chi connectivity index (χ3n) is 3.25. The number of aryl methyl sites for hydroxylation is 1. The predicted octanol–water partition coefficient (Wildman–Crippen LogP) is 0.709. The van der Waals surface area contributed by atoms with E-state index >= 15 is 0 Å². The van der Waals surface area contributed by atoms with E-state index in [4.69, 9.17) is 0 Å². The van der Waals surface area contributed by atoms with Gasteiger partial charge in [0, 0.05) is 25.7 Å². The van der Waals surface area contributed by atoms with E-state index in [1.165, 1.54) is 17.3 Å². The number of rotatable bonds is 3. The van der Waals surface area contributed by atoms with Crippen molar-refractivity contribution in [2.45, 2.75) is 31.3 Å². The van der Waals surface area contributed by atoms with E-state index in [2.05, 4.69) is 5.32 Å². The van der Waals surface area contributed by atoms with Crippen molar-refractivity contribution >= 4 is 21.6 Å². The van der Waals surface area contributed by atoms with E-state index in [-0.39, 0.29) is 17.3 Å². The molecule has 1 aliphatic rings. The van der Waals surface area contributed by atoms with Crippen molar-refractivity contribution in [3.63, 3.8) is 0 Å². The van der Waals surface area contributed by atoms with E-state index in [9.17, 15) is 18.3 Å². The summed E-state index contributed by atoms with van der Waals surface area (Å²) in [5.41, 5.74) is 1.06. The lowest BCUT2D eigenvalue weighted by molar-refractivity contribution is -0.114. The van der Waals surface area contributed by atoms with Crippen molar-refractivity contribution in [2.75, 3.05) is 18.4 Å². The third-order valence-corrected chi connectivity index (χ3v) is 5.26. The lowest BCUT2D eigenvalue weighted by Gasteiger charge is -2.18. The fourth-order valence-corrected chi connectivity index (χ4v) is 3.97. The summed E-state index contributed by atoms with van der Waals surface area (Å²) in [5, 5.41) is 12.1. The van der Waals surface area contributed by atoms with Crippen molar-refractivity contribution < 1.29 is 18.3 Å². The van der Waals surface area contributed by atoms with Crippen LogP contribution in [0, 0.1) is 6.92 Å². The Bertz CT molecular complexity index is 627. The Morgan fingerprint density at radius 3 is 2.70 bits per heavy atom. The average molecular weight is 298 g/mol. The molecule has 0 saturated carbocycles. The highest BCUT2D eigenvalue weighted by atomic mass is 32.2. The van der Waals surface area contributed by atoms with Gasteiger partial charge in [-0.3, -0.25) is 4.79 Å². The smallest absolute Gasteiger partial charge is 0.243 e. The highest BCUT2D eigenvalue weighted by molar-refractivity contribution is 7.89. The number of aliphatic hydroxyl groups is 1. The van der Waals surface area contributed by atoms with Gasteiger partial charge >= 0.3 is 0 Å². The molecular formula is C13H18N2O4S. The van der Waals surface area contributed by atoms with Gasteiger partial charge in [-0.2, -0.15) is 4.31 Å². The summed E-state index contributed by atoms with van der Waals surface area (Å²) >= 11 is 0. The van der Waals surface area contributed by atoms with E-state index < -0.39 is 16.1 Å². The molecule has 20 heavy (non-hydrogen) atoms. The number of anilines is 1. The molecule has 6 nitrogen and oxygen atoms in total. The molecule has 0 radical (unpaired) electrons. The maximum atomic E-state index is 12.5. The standard InChI is InChI=1S/C13H18N2O4S/c1-9-3-4-11(14-10(2)16)7-13(9)20(18,19)15-6-5-12(17)8-15/h3-4,7,12,17H,5-6,8H2,1-2H3,(H,14,16)/t12-/m0/s1. The molecule has 0 unspecified atom stereocenters. The maximum Gasteiger partial charge on any atom is 0.243 e. The van der Waals surface area contributed by atoms with Crippen LogP contribution in [0.1, 0.15) is 18.9 Å². The molecule has 1 aliphatic heterocycles. The average Bonchev–Trinajstić information content (AvgIpc) is 2.78. The first-order valence-electron chi connectivity index (χ1n) is 6.37. The summed E-state index contributed by atoms with van der Waals surface area (Å²) in [5.74, 6) is -0.256. The van der Waals surface area contributed by atoms with Crippen LogP contribution < -0.4 is 5.32 Å². The lowest BCUT2D eigenvalue weighted by atomic mass is 10.2. The number of carbonyl (C=O) groups excluding carboxylic acids is 1. The Hall–Kier alpha value is -1.44.